The summed E-state index contributed by atoms with van der Waals surface area (Å²) in [6.45, 7) is 0. The molecule has 2 aliphatic carbocycles. The van der Waals surface area contributed by atoms with Crippen LogP contribution in [0.4, 0.5) is 0 Å². The molecule has 4 aliphatic rings. The Morgan fingerprint density at radius 3 is 2.43 bits per heavy atom. The highest BCUT2D eigenvalue weighted by Crippen LogP contribution is 2.54. The van der Waals surface area contributed by atoms with Crippen molar-refractivity contribution in [2.24, 2.45) is 11.8 Å². The van der Waals surface area contributed by atoms with Crippen molar-refractivity contribution in [2.45, 2.75) is 50.2 Å². The molecule has 78 valence electrons. The van der Waals surface area contributed by atoms with Crippen molar-refractivity contribution >= 4 is 5.97 Å². The molecule has 2 atom stereocenters. The summed E-state index contributed by atoms with van der Waals surface area (Å²) >= 11 is 0. The normalized spacial score (nSPS) is 49.6. The zero-order valence-electron chi connectivity index (χ0n) is 8.24. The molecule has 4 bridgehead atoms. The molecule has 3 heteroatoms. The van der Waals surface area contributed by atoms with Crippen LogP contribution in [0.2, 0.25) is 0 Å². The third-order valence-corrected chi connectivity index (χ3v) is 4.07. The van der Waals surface area contributed by atoms with Crippen LogP contribution < -0.4 is 0 Å². The van der Waals surface area contributed by atoms with E-state index < -0.39 is 5.97 Å². The van der Waals surface area contributed by atoms with E-state index in [9.17, 15) is 4.79 Å². The Morgan fingerprint density at radius 2 is 1.93 bits per heavy atom. The maximum Gasteiger partial charge on any atom is 0.306 e. The van der Waals surface area contributed by atoms with E-state index in [-0.39, 0.29) is 12.0 Å². The standard InChI is InChI=1S/C11H16O3/c12-10(13)6-11-4-7-1-8(5-11)3-9(2-7)14-11/h7-9H,1-6H2,(H,12,13). The number of ether oxygens (including phenoxy) is 1. The minimum atomic E-state index is -0.702. The van der Waals surface area contributed by atoms with Crippen LogP contribution in [0.3, 0.4) is 0 Å². The van der Waals surface area contributed by atoms with E-state index in [0.717, 1.165) is 24.7 Å². The van der Waals surface area contributed by atoms with Gasteiger partial charge in [-0.05, 0) is 43.9 Å². The molecule has 2 unspecified atom stereocenters. The minimum Gasteiger partial charge on any atom is -0.481 e. The van der Waals surface area contributed by atoms with E-state index >= 15 is 0 Å². The first-order valence-corrected chi connectivity index (χ1v) is 5.55. The largest absolute Gasteiger partial charge is 0.481 e. The number of carbonyl (C=O) groups is 1. The van der Waals surface area contributed by atoms with E-state index in [2.05, 4.69) is 0 Å². The van der Waals surface area contributed by atoms with Gasteiger partial charge in [-0.1, -0.05) is 0 Å². The molecule has 14 heavy (non-hydrogen) atoms. The summed E-state index contributed by atoms with van der Waals surface area (Å²) in [5, 5.41) is 8.89. The molecule has 2 saturated heterocycles. The Balaban J connectivity index is 1.83. The molecule has 0 aromatic carbocycles. The van der Waals surface area contributed by atoms with Crippen molar-refractivity contribution in [1.29, 1.82) is 0 Å². The van der Waals surface area contributed by atoms with E-state index in [1.807, 2.05) is 0 Å². The molecule has 4 fully saturated rings. The maximum absolute atomic E-state index is 10.8. The van der Waals surface area contributed by atoms with Crippen LogP contribution in [-0.4, -0.2) is 22.8 Å². The Kier molecular flexibility index (Phi) is 1.69. The van der Waals surface area contributed by atoms with Crippen molar-refractivity contribution in [1.82, 2.24) is 0 Å². The molecule has 3 nitrogen and oxygen atoms in total. The predicted molar refractivity (Wildman–Crippen MR) is 49.9 cm³/mol. The van der Waals surface area contributed by atoms with E-state index in [1.54, 1.807) is 0 Å². The predicted octanol–water partition coefficient (Wildman–Crippen LogP) is 1.81. The lowest BCUT2D eigenvalue weighted by Crippen LogP contribution is -2.55. The molecule has 2 saturated carbocycles. The first-order valence-electron chi connectivity index (χ1n) is 5.55. The molecule has 0 aromatic heterocycles. The second kappa shape index (κ2) is 2.72. The van der Waals surface area contributed by atoms with Gasteiger partial charge in [0.2, 0.25) is 0 Å². The number of rotatable bonds is 2. The average molecular weight is 196 g/mol. The fraction of sp³-hybridized carbons (Fsp3) is 0.909. The van der Waals surface area contributed by atoms with Crippen molar-refractivity contribution in [3.05, 3.63) is 0 Å². The van der Waals surface area contributed by atoms with Crippen LogP contribution in [-0.2, 0) is 9.53 Å². The lowest BCUT2D eigenvalue weighted by atomic mass is 9.61. The molecular weight excluding hydrogens is 180 g/mol. The summed E-state index contributed by atoms with van der Waals surface area (Å²) in [6, 6.07) is 0. The monoisotopic (exact) mass is 196 g/mol. The van der Waals surface area contributed by atoms with Gasteiger partial charge in [0.15, 0.2) is 0 Å². The lowest BCUT2D eigenvalue weighted by Gasteiger charge is -2.56. The second-order valence-corrected chi connectivity index (χ2v) is 5.34. The van der Waals surface area contributed by atoms with Gasteiger partial charge in [0.25, 0.3) is 0 Å². The van der Waals surface area contributed by atoms with E-state index in [0.29, 0.717) is 6.10 Å². The molecule has 0 aromatic rings. The molecule has 2 heterocycles. The molecular formula is C11H16O3. The summed E-state index contributed by atoms with van der Waals surface area (Å²) in [4.78, 5) is 10.8. The molecule has 0 spiro atoms. The van der Waals surface area contributed by atoms with Gasteiger partial charge >= 0.3 is 5.97 Å². The van der Waals surface area contributed by atoms with Gasteiger partial charge in [0.05, 0.1) is 18.1 Å². The van der Waals surface area contributed by atoms with Gasteiger partial charge in [0.1, 0.15) is 0 Å². The SMILES string of the molecule is O=C(O)CC12CC3CC(CC(C3)O1)C2. The maximum atomic E-state index is 10.8. The van der Waals surface area contributed by atoms with Crippen molar-refractivity contribution in [3.8, 4) is 0 Å². The highest BCUT2D eigenvalue weighted by molar-refractivity contribution is 5.68. The Bertz CT molecular complexity index is 236. The van der Waals surface area contributed by atoms with Gasteiger partial charge in [-0.15, -0.1) is 0 Å². The van der Waals surface area contributed by atoms with Crippen LogP contribution in [0.5, 0.6) is 0 Å². The molecule has 0 radical (unpaired) electrons. The highest BCUT2D eigenvalue weighted by atomic mass is 16.5. The summed E-state index contributed by atoms with van der Waals surface area (Å²) in [6.07, 6.45) is 6.26. The van der Waals surface area contributed by atoms with Gasteiger partial charge in [0, 0.05) is 0 Å². The Hall–Kier alpha value is -0.570. The van der Waals surface area contributed by atoms with Crippen LogP contribution in [0.15, 0.2) is 0 Å². The van der Waals surface area contributed by atoms with Crippen molar-refractivity contribution in [2.75, 3.05) is 0 Å². The molecule has 0 amide bonds. The zero-order valence-corrected chi connectivity index (χ0v) is 8.24. The fourth-order valence-electron chi connectivity index (χ4n) is 3.98. The highest BCUT2D eigenvalue weighted by Gasteiger charge is 2.52. The summed E-state index contributed by atoms with van der Waals surface area (Å²) in [5.41, 5.74) is -0.277. The number of hydrogen-bond donors (Lipinski definition) is 1. The first-order chi connectivity index (χ1) is 6.65. The summed E-state index contributed by atoms with van der Waals surface area (Å²) in [5.74, 6) is 0.799. The van der Waals surface area contributed by atoms with Crippen LogP contribution in [0.25, 0.3) is 0 Å². The number of aliphatic carboxylic acids is 1. The molecule has 2 aliphatic heterocycles. The second-order valence-electron chi connectivity index (χ2n) is 5.34. The summed E-state index contributed by atoms with van der Waals surface area (Å²) in [7, 11) is 0. The van der Waals surface area contributed by atoms with Crippen LogP contribution in [0.1, 0.15) is 38.5 Å². The van der Waals surface area contributed by atoms with E-state index in [1.165, 1.54) is 19.3 Å². The van der Waals surface area contributed by atoms with Gasteiger partial charge in [-0.25, -0.2) is 0 Å². The third kappa shape index (κ3) is 1.26. The van der Waals surface area contributed by atoms with Crippen LogP contribution in [0, 0.1) is 11.8 Å². The van der Waals surface area contributed by atoms with Crippen molar-refractivity contribution < 1.29 is 14.6 Å². The lowest BCUT2D eigenvalue weighted by molar-refractivity contribution is -0.224. The van der Waals surface area contributed by atoms with Gasteiger partial charge in [-0.3, -0.25) is 4.79 Å². The molecule has 4 rings (SSSR count). The van der Waals surface area contributed by atoms with Crippen molar-refractivity contribution in [3.63, 3.8) is 0 Å². The third-order valence-electron chi connectivity index (χ3n) is 4.07. The van der Waals surface area contributed by atoms with E-state index in [4.69, 9.17) is 9.84 Å². The average Bonchev–Trinajstić information content (AvgIpc) is 1.96. The Labute approximate surface area is 83.4 Å². The van der Waals surface area contributed by atoms with Gasteiger partial charge in [-0.2, -0.15) is 0 Å². The number of hydrogen-bond acceptors (Lipinski definition) is 2. The summed E-state index contributed by atoms with van der Waals surface area (Å²) < 4.78 is 5.94. The Morgan fingerprint density at radius 1 is 1.29 bits per heavy atom. The number of carboxylic acid groups (broad SMARTS) is 1. The topological polar surface area (TPSA) is 46.5 Å². The van der Waals surface area contributed by atoms with Crippen LogP contribution >= 0.6 is 0 Å². The fourth-order valence-corrected chi connectivity index (χ4v) is 3.98. The number of carboxylic acids is 1. The zero-order chi connectivity index (χ0) is 9.76. The minimum absolute atomic E-state index is 0.219. The first kappa shape index (κ1) is 8.72. The van der Waals surface area contributed by atoms with Gasteiger partial charge < -0.3 is 9.84 Å². The smallest absolute Gasteiger partial charge is 0.306 e. The quantitative estimate of drug-likeness (QED) is 0.732. The molecule has 1 N–H and O–H groups in total.